The molecule has 9 heteroatoms. The van der Waals surface area contributed by atoms with E-state index in [0.717, 1.165) is 32.7 Å². The zero-order valence-corrected chi connectivity index (χ0v) is 24.3. The summed E-state index contributed by atoms with van der Waals surface area (Å²) in [6, 6.07) is 9.65. The van der Waals surface area contributed by atoms with Crippen molar-refractivity contribution >= 4 is 23.2 Å². The molecule has 40 heavy (non-hydrogen) atoms. The first kappa shape index (κ1) is 29.7. The second-order valence-electron chi connectivity index (χ2n) is 11.2. The van der Waals surface area contributed by atoms with E-state index >= 15 is 0 Å². The standard InChI is InChI=1S/C31H38FN3O4S/c1-19(2)12-26(35-16-22(8-9-28(35)36)15-34-11-10-24(32)17-34)31(39)33-25(14-29(37)38)23-13-27(40-18-23)30-20(3)6-5-7-21(30)4/h5-9,13,16,18-19,24-26H,10-12,14-15,17H2,1-4H3,(H,33,39)(H,37,38)/t24-,25-,26+/m1/s1. The van der Waals surface area contributed by atoms with Crippen molar-refractivity contribution in [2.75, 3.05) is 13.1 Å². The number of hydrogen-bond donors (Lipinski definition) is 2. The zero-order chi connectivity index (χ0) is 29.0. The van der Waals surface area contributed by atoms with Crippen LogP contribution in [0.15, 0.2) is 52.8 Å². The number of halogens is 1. The van der Waals surface area contributed by atoms with Gasteiger partial charge in [0, 0.05) is 36.8 Å². The Bertz CT molecular complexity index is 1400. The largest absolute Gasteiger partial charge is 0.481 e. The number of nitrogens with one attached hydrogen (secondary N) is 1. The van der Waals surface area contributed by atoms with Gasteiger partial charge >= 0.3 is 5.97 Å². The Kier molecular flexibility index (Phi) is 9.58. The number of carbonyl (C=O) groups excluding carboxylic acids is 1. The highest BCUT2D eigenvalue weighted by Crippen LogP contribution is 2.35. The molecule has 0 spiro atoms. The third-order valence-electron chi connectivity index (χ3n) is 7.40. The van der Waals surface area contributed by atoms with E-state index in [2.05, 4.69) is 5.32 Å². The summed E-state index contributed by atoms with van der Waals surface area (Å²) < 4.78 is 15.1. The van der Waals surface area contributed by atoms with Gasteiger partial charge in [0.25, 0.3) is 5.56 Å². The first-order valence-corrected chi connectivity index (χ1v) is 14.6. The fraction of sp³-hybridized carbons (Fsp3) is 0.452. The van der Waals surface area contributed by atoms with Crippen molar-refractivity contribution in [2.45, 2.75) is 71.8 Å². The molecular weight excluding hydrogens is 529 g/mol. The molecular formula is C31H38FN3O4S. The van der Waals surface area contributed by atoms with E-state index in [1.807, 2.05) is 62.2 Å². The van der Waals surface area contributed by atoms with E-state index < -0.39 is 30.1 Å². The van der Waals surface area contributed by atoms with E-state index in [9.17, 15) is 23.9 Å². The summed E-state index contributed by atoms with van der Waals surface area (Å²) in [4.78, 5) is 41.6. The van der Waals surface area contributed by atoms with E-state index in [1.165, 1.54) is 22.0 Å². The van der Waals surface area contributed by atoms with Crippen molar-refractivity contribution in [1.29, 1.82) is 0 Å². The Morgan fingerprint density at radius 3 is 2.52 bits per heavy atom. The average molecular weight is 568 g/mol. The lowest BCUT2D eigenvalue weighted by molar-refractivity contribution is -0.138. The van der Waals surface area contributed by atoms with E-state index in [1.54, 1.807) is 12.3 Å². The maximum atomic E-state index is 13.8. The van der Waals surface area contributed by atoms with Gasteiger partial charge in [-0.05, 0) is 71.9 Å². The van der Waals surface area contributed by atoms with Crippen LogP contribution in [0.2, 0.25) is 0 Å². The summed E-state index contributed by atoms with van der Waals surface area (Å²) in [6.45, 7) is 9.54. The van der Waals surface area contributed by atoms with Crippen LogP contribution in [0.5, 0.6) is 0 Å². The van der Waals surface area contributed by atoms with Gasteiger partial charge in [-0.25, -0.2) is 4.39 Å². The number of rotatable bonds is 11. The Morgan fingerprint density at radius 1 is 1.18 bits per heavy atom. The van der Waals surface area contributed by atoms with Gasteiger partial charge in [-0.15, -0.1) is 11.3 Å². The average Bonchev–Trinajstić information content (AvgIpc) is 3.52. The van der Waals surface area contributed by atoms with E-state index in [-0.39, 0.29) is 17.9 Å². The number of carbonyl (C=O) groups is 2. The zero-order valence-electron chi connectivity index (χ0n) is 23.5. The highest BCUT2D eigenvalue weighted by Gasteiger charge is 2.28. The lowest BCUT2D eigenvalue weighted by Gasteiger charge is -2.25. The van der Waals surface area contributed by atoms with Crippen molar-refractivity contribution < 1.29 is 19.1 Å². The van der Waals surface area contributed by atoms with Crippen LogP contribution >= 0.6 is 11.3 Å². The highest BCUT2D eigenvalue weighted by atomic mass is 32.1. The molecule has 0 bridgehead atoms. The number of pyridine rings is 1. The van der Waals surface area contributed by atoms with Gasteiger partial charge in [-0.1, -0.05) is 38.1 Å². The molecule has 2 N–H and O–H groups in total. The summed E-state index contributed by atoms with van der Waals surface area (Å²) in [5.41, 5.74) is 4.60. The second kappa shape index (κ2) is 12.9. The number of thiophene rings is 1. The lowest BCUT2D eigenvalue weighted by Crippen LogP contribution is -2.40. The van der Waals surface area contributed by atoms with Crippen LogP contribution in [0.1, 0.15) is 67.4 Å². The van der Waals surface area contributed by atoms with Crippen LogP contribution in [0, 0.1) is 19.8 Å². The van der Waals surface area contributed by atoms with Gasteiger partial charge in [-0.2, -0.15) is 0 Å². The molecule has 4 rings (SSSR count). The normalized spacial score (nSPS) is 17.2. The molecule has 1 saturated heterocycles. The van der Waals surface area contributed by atoms with Crippen molar-refractivity contribution in [2.24, 2.45) is 5.92 Å². The predicted octanol–water partition coefficient (Wildman–Crippen LogP) is 5.66. The quantitative estimate of drug-likeness (QED) is 0.312. The van der Waals surface area contributed by atoms with E-state index in [0.29, 0.717) is 32.5 Å². The molecule has 3 heterocycles. The van der Waals surface area contributed by atoms with Gasteiger partial charge in [0.1, 0.15) is 12.2 Å². The maximum Gasteiger partial charge on any atom is 0.305 e. The Morgan fingerprint density at radius 2 is 1.90 bits per heavy atom. The molecule has 1 fully saturated rings. The summed E-state index contributed by atoms with van der Waals surface area (Å²) >= 11 is 1.52. The SMILES string of the molecule is Cc1cccc(C)c1-c1cc([C@@H](CC(=O)O)NC(=O)[C@H](CC(C)C)n2cc(CN3CC[C@@H](F)C3)ccc2=O)cs1. The number of aromatic nitrogens is 1. The number of alkyl halides is 1. The fourth-order valence-corrected chi connectivity index (χ4v) is 6.57. The van der Waals surface area contributed by atoms with Crippen LogP contribution in [0.4, 0.5) is 4.39 Å². The van der Waals surface area contributed by atoms with Crippen molar-refractivity contribution in [3.8, 4) is 10.4 Å². The van der Waals surface area contributed by atoms with Gasteiger partial charge < -0.3 is 15.0 Å². The number of likely N-dealkylation sites (tertiary alicyclic amines) is 1. The summed E-state index contributed by atoms with van der Waals surface area (Å²) in [6.07, 6.45) is 1.47. The van der Waals surface area contributed by atoms with Crippen LogP contribution in [0.3, 0.4) is 0 Å². The number of aliphatic carboxylic acids is 1. The molecule has 1 amide bonds. The fourth-order valence-electron chi connectivity index (χ4n) is 5.43. The molecule has 1 aromatic carbocycles. The molecule has 7 nitrogen and oxygen atoms in total. The highest BCUT2D eigenvalue weighted by molar-refractivity contribution is 7.13. The Balaban J connectivity index is 1.61. The number of carboxylic acid groups (broad SMARTS) is 1. The van der Waals surface area contributed by atoms with Crippen molar-refractivity contribution in [3.05, 3.63) is 80.6 Å². The summed E-state index contributed by atoms with van der Waals surface area (Å²) in [5, 5.41) is 14.5. The summed E-state index contributed by atoms with van der Waals surface area (Å²) in [7, 11) is 0. The first-order valence-electron chi connectivity index (χ1n) is 13.8. The number of amides is 1. The molecule has 2 aromatic heterocycles. The summed E-state index contributed by atoms with van der Waals surface area (Å²) in [5.74, 6) is -1.32. The molecule has 1 aliphatic rings. The van der Waals surface area contributed by atoms with Crippen LogP contribution < -0.4 is 10.9 Å². The maximum absolute atomic E-state index is 13.8. The molecule has 0 radical (unpaired) electrons. The van der Waals surface area contributed by atoms with Gasteiger partial charge in [-0.3, -0.25) is 19.3 Å². The van der Waals surface area contributed by atoms with Crippen LogP contribution in [-0.2, 0) is 16.1 Å². The topological polar surface area (TPSA) is 91.6 Å². The number of aryl methyl sites for hydroxylation is 2. The first-order chi connectivity index (χ1) is 19.0. The predicted molar refractivity (Wildman–Crippen MR) is 156 cm³/mol. The number of nitrogens with zero attached hydrogens (tertiary/aromatic N) is 2. The Hall–Kier alpha value is -3.30. The number of benzene rings is 1. The molecule has 0 saturated carbocycles. The smallest absolute Gasteiger partial charge is 0.305 e. The van der Waals surface area contributed by atoms with E-state index in [4.69, 9.17) is 0 Å². The number of hydrogen-bond acceptors (Lipinski definition) is 5. The third kappa shape index (κ3) is 7.26. The molecule has 0 unspecified atom stereocenters. The van der Waals surface area contributed by atoms with Crippen LogP contribution in [0.25, 0.3) is 10.4 Å². The molecule has 1 aliphatic heterocycles. The van der Waals surface area contributed by atoms with Crippen LogP contribution in [-0.4, -0.2) is 45.7 Å². The van der Waals surface area contributed by atoms with Crippen molar-refractivity contribution in [3.63, 3.8) is 0 Å². The number of carboxylic acids is 1. The van der Waals surface area contributed by atoms with Gasteiger partial charge in [0.15, 0.2) is 0 Å². The second-order valence-corrected chi connectivity index (χ2v) is 12.1. The minimum absolute atomic E-state index is 0.104. The lowest BCUT2D eigenvalue weighted by atomic mass is 9.98. The minimum Gasteiger partial charge on any atom is -0.481 e. The Labute approximate surface area is 238 Å². The monoisotopic (exact) mass is 567 g/mol. The molecule has 3 atom stereocenters. The molecule has 0 aliphatic carbocycles. The van der Waals surface area contributed by atoms with Gasteiger partial charge in [0.05, 0.1) is 12.5 Å². The molecule has 214 valence electrons. The van der Waals surface area contributed by atoms with Crippen molar-refractivity contribution in [1.82, 2.24) is 14.8 Å². The minimum atomic E-state index is -1.03. The van der Waals surface area contributed by atoms with Gasteiger partial charge in [0.2, 0.25) is 5.91 Å². The molecule has 3 aromatic rings. The third-order valence-corrected chi connectivity index (χ3v) is 8.36.